The topological polar surface area (TPSA) is 90.4 Å². The molecule has 0 bridgehead atoms. The molecular weight excluding hydrogens is 230 g/mol. The van der Waals surface area contributed by atoms with Crippen molar-refractivity contribution in [3.63, 3.8) is 0 Å². The molecule has 0 fully saturated rings. The van der Waals surface area contributed by atoms with Crippen molar-refractivity contribution in [3.8, 4) is 5.75 Å². The van der Waals surface area contributed by atoms with Gasteiger partial charge in [-0.2, -0.15) is 0 Å². The van der Waals surface area contributed by atoms with Crippen molar-refractivity contribution in [1.29, 1.82) is 0 Å². The van der Waals surface area contributed by atoms with E-state index in [0.29, 0.717) is 24.4 Å². The average molecular weight is 251 g/mol. The summed E-state index contributed by atoms with van der Waals surface area (Å²) in [6.07, 6.45) is 1.23. The summed E-state index contributed by atoms with van der Waals surface area (Å²) >= 11 is 0. The number of aryl methyl sites for hydroxylation is 1. The third-order valence-corrected chi connectivity index (χ3v) is 2.81. The fourth-order valence-corrected chi connectivity index (χ4v) is 1.76. The summed E-state index contributed by atoms with van der Waals surface area (Å²) in [5, 5.41) is 3.17. The molecule has 1 aromatic carbocycles. The lowest BCUT2D eigenvalue weighted by Gasteiger charge is -2.11. The number of carbonyl (C=O) groups excluding carboxylic acids is 1. The molecule has 1 rings (SSSR count). The highest BCUT2D eigenvalue weighted by Crippen LogP contribution is 2.25. The number of nitrogen functional groups attached to an aromatic ring is 1. The molecule has 0 aliphatic carbocycles. The van der Waals surface area contributed by atoms with Gasteiger partial charge in [0.15, 0.2) is 0 Å². The van der Waals surface area contributed by atoms with Gasteiger partial charge in [-0.3, -0.25) is 4.79 Å². The van der Waals surface area contributed by atoms with E-state index in [-0.39, 0.29) is 5.91 Å². The number of amides is 1. The van der Waals surface area contributed by atoms with Gasteiger partial charge in [0, 0.05) is 13.0 Å². The molecule has 0 aliphatic heterocycles. The van der Waals surface area contributed by atoms with Gasteiger partial charge in [0.2, 0.25) is 5.91 Å². The molecule has 5 N–H and O–H groups in total. The number of hydrogen-bond acceptors (Lipinski definition) is 4. The number of primary amides is 1. The van der Waals surface area contributed by atoms with Gasteiger partial charge in [0.1, 0.15) is 5.75 Å². The van der Waals surface area contributed by atoms with E-state index >= 15 is 0 Å². The number of nitrogens with two attached hydrogens (primary N) is 2. The Morgan fingerprint density at radius 1 is 1.39 bits per heavy atom. The van der Waals surface area contributed by atoms with Gasteiger partial charge in [-0.15, -0.1) is 0 Å². The molecule has 0 unspecified atom stereocenters. The van der Waals surface area contributed by atoms with Crippen LogP contribution in [0.4, 0.5) is 5.69 Å². The van der Waals surface area contributed by atoms with Crippen LogP contribution in [0.3, 0.4) is 0 Å². The number of nitrogens with one attached hydrogen (secondary N) is 1. The van der Waals surface area contributed by atoms with E-state index in [9.17, 15) is 4.79 Å². The summed E-state index contributed by atoms with van der Waals surface area (Å²) in [4.78, 5) is 10.6. The lowest BCUT2D eigenvalue weighted by molar-refractivity contribution is -0.117. The van der Waals surface area contributed by atoms with E-state index in [1.165, 1.54) is 5.56 Å². The van der Waals surface area contributed by atoms with E-state index in [2.05, 4.69) is 5.32 Å². The molecular formula is C13H21N3O2. The molecule has 0 aromatic heterocycles. The molecule has 0 heterocycles. The summed E-state index contributed by atoms with van der Waals surface area (Å²) in [5.41, 5.74) is 13.9. The van der Waals surface area contributed by atoms with Gasteiger partial charge in [-0.25, -0.2) is 0 Å². The first-order valence-corrected chi connectivity index (χ1v) is 5.96. The summed E-state index contributed by atoms with van der Waals surface area (Å²) in [7, 11) is 1.61. The number of ether oxygens (including phenoxy) is 1. The molecule has 0 radical (unpaired) electrons. The number of benzene rings is 1. The lowest BCUT2D eigenvalue weighted by atomic mass is 10.0. The highest BCUT2D eigenvalue weighted by Gasteiger charge is 2.05. The zero-order chi connectivity index (χ0) is 13.5. The molecule has 18 heavy (non-hydrogen) atoms. The van der Waals surface area contributed by atoms with Crippen LogP contribution in [0.25, 0.3) is 0 Å². The first-order valence-electron chi connectivity index (χ1n) is 5.96. The molecule has 1 amide bonds. The van der Waals surface area contributed by atoms with Crippen molar-refractivity contribution in [2.45, 2.75) is 19.8 Å². The van der Waals surface area contributed by atoms with Crippen molar-refractivity contribution in [2.24, 2.45) is 5.73 Å². The summed E-state index contributed by atoms with van der Waals surface area (Å²) in [6.45, 7) is 3.43. The fraction of sp³-hybridized carbons (Fsp3) is 0.462. The van der Waals surface area contributed by atoms with Crippen LogP contribution in [0.1, 0.15) is 17.5 Å². The molecule has 0 spiro atoms. The predicted molar refractivity (Wildman–Crippen MR) is 72.5 cm³/mol. The molecule has 0 saturated carbocycles. The quantitative estimate of drug-likeness (QED) is 0.489. The normalized spacial score (nSPS) is 10.3. The Balaban J connectivity index is 2.49. The molecule has 0 atom stereocenters. The maximum absolute atomic E-state index is 10.6. The van der Waals surface area contributed by atoms with Crippen LogP contribution in [-0.4, -0.2) is 26.1 Å². The van der Waals surface area contributed by atoms with Crippen molar-refractivity contribution in [2.75, 3.05) is 25.9 Å². The Kier molecular flexibility index (Phi) is 5.45. The van der Waals surface area contributed by atoms with E-state index < -0.39 is 0 Å². The van der Waals surface area contributed by atoms with Crippen molar-refractivity contribution < 1.29 is 9.53 Å². The number of carbonyl (C=O) groups is 1. The first kappa shape index (κ1) is 14.3. The van der Waals surface area contributed by atoms with Gasteiger partial charge in [0.25, 0.3) is 0 Å². The second-order valence-electron chi connectivity index (χ2n) is 4.24. The molecule has 0 saturated heterocycles. The SMILES string of the molecule is COc1cc(CCNCCC(N)=O)c(C)cc1N. The zero-order valence-corrected chi connectivity index (χ0v) is 11.0. The minimum absolute atomic E-state index is 0.284. The maximum atomic E-state index is 10.6. The predicted octanol–water partition coefficient (Wildman–Crippen LogP) is 0.593. The Bertz CT molecular complexity index is 419. The van der Waals surface area contributed by atoms with E-state index in [1.807, 2.05) is 19.1 Å². The molecule has 1 aromatic rings. The number of anilines is 1. The third-order valence-electron chi connectivity index (χ3n) is 2.81. The molecule has 100 valence electrons. The lowest BCUT2D eigenvalue weighted by Crippen LogP contribution is -2.23. The Labute approximate surface area is 107 Å². The first-order chi connectivity index (χ1) is 8.54. The van der Waals surface area contributed by atoms with Gasteiger partial charge in [-0.05, 0) is 43.1 Å². The summed E-state index contributed by atoms with van der Waals surface area (Å²) in [6, 6.07) is 3.87. The number of methoxy groups -OCH3 is 1. The van der Waals surface area contributed by atoms with E-state index in [4.69, 9.17) is 16.2 Å². The van der Waals surface area contributed by atoms with E-state index in [0.717, 1.165) is 18.5 Å². The van der Waals surface area contributed by atoms with Gasteiger partial charge >= 0.3 is 0 Å². The van der Waals surface area contributed by atoms with Crippen molar-refractivity contribution >= 4 is 11.6 Å². The molecule has 5 heteroatoms. The summed E-state index contributed by atoms with van der Waals surface area (Å²) < 4.78 is 5.19. The standard InChI is InChI=1S/C13H21N3O2/c1-9-7-11(14)12(18-2)8-10(9)3-5-16-6-4-13(15)17/h7-8,16H,3-6,14H2,1-2H3,(H2,15,17). The average Bonchev–Trinajstić information content (AvgIpc) is 2.30. The Hall–Kier alpha value is -1.75. The molecule has 0 aliphatic rings. The van der Waals surface area contributed by atoms with Crippen LogP contribution in [0.15, 0.2) is 12.1 Å². The van der Waals surface area contributed by atoms with Crippen molar-refractivity contribution in [1.82, 2.24) is 5.32 Å². The van der Waals surface area contributed by atoms with E-state index in [1.54, 1.807) is 7.11 Å². The highest BCUT2D eigenvalue weighted by atomic mass is 16.5. The maximum Gasteiger partial charge on any atom is 0.218 e. The summed E-state index contributed by atoms with van der Waals surface area (Å²) in [5.74, 6) is 0.417. The minimum atomic E-state index is -0.284. The van der Waals surface area contributed by atoms with Gasteiger partial charge < -0.3 is 21.5 Å². The largest absolute Gasteiger partial charge is 0.495 e. The smallest absolute Gasteiger partial charge is 0.218 e. The fourth-order valence-electron chi connectivity index (χ4n) is 1.76. The van der Waals surface area contributed by atoms with Crippen LogP contribution in [-0.2, 0) is 11.2 Å². The minimum Gasteiger partial charge on any atom is -0.495 e. The number of hydrogen-bond donors (Lipinski definition) is 3. The monoisotopic (exact) mass is 251 g/mol. The van der Waals surface area contributed by atoms with Crippen LogP contribution < -0.4 is 21.5 Å². The van der Waals surface area contributed by atoms with Crippen LogP contribution in [0, 0.1) is 6.92 Å². The second-order valence-corrected chi connectivity index (χ2v) is 4.24. The third kappa shape index (κ3) is 4.25. The second kappa shape index (κ2) is 6.86. The molecule has 5 nitrogen and oxygen atoms in total. The Morgan fingerprint density at radius 3 is 2.72 bits per heavy atom. The highest BCUT2D eigenvalue weighted by molar-refractivity contribution is 5.73. The van der Waals surface area contributed by atoms with Crippen LogP contribution in [0.2, 0.25) is 0 Å². The van der Waals surface area contributed by atoms with Crippen LogP contribution in [0.5, 0.6) is 5.75 Å². The van der Waals surface area contributed by atoms with Crippen molar-refractivity contribution in [3.05, 3.63) is 23.3 Å². The van der Waals surface area contributed by atoms with Crippen LogP contribution >= 0.6 is 0 Å². The Morgan fingerprint density at radius 2 is 2.11 bits per heavy atom. The zero-order valence-electron chi connectivity index (χ0n) is 11.0. The van der Waals surface area contributed by atoms with Gasteiger partial charge in [0.05, 0.1) is 12.8 Å². The number of rotatable bonds is 7. The van der Waals surface area contributed by atoms with Gasteiger partial charge in [-0.1, -0.05) is 0 Å².